The molecule has 2 aromatic carbocycles. The summed E-state index contributed by atoms with van der Waals surface area (Å²) in [5.74, 6) is 6.98. The van der Waals surface area contributed by atoms with Crippen LogP contribution >= 0.6 is 16.1 Å². The molecule has 0 radical (unpaired) electrons. The Hall–Kier alpha value is -2.38. The lowest BCUT2D eigenvalue weighted by atomic mass is 9.96. The van der Waals surface area contributed by atoms with E-state index in [1.54, 1.807) is 6.20 Å². The fourth-order valence-electron chi connectivity index (χ4n) is 3.63. The molecule has 146 valence electrons. The summed E-state index contributed by atoms with van der Waals surface area (Å²) in [6.45, 7) is 9.18. The Balaban J connectivity index is 1.74. The number of hydrogen-bond acceptors (Lipinski definition) is 3. The van der Waals surface area contributed by atoms with Gasteiger partial charge < -0.3 is 10.2 Å². The molecule has 0 aromatic heterocycles. The third-order valence-electron chi connectivity index (χ3n) is 5.00. The number of halogens is 1. The van der Waals surface area contributed by atoms with Crippen LogP contribution in [0.3, 0.4) is 0 Å². The van der Waals surface area contributed by atoms with Crippen molar-refractivity contribution >= 4 is 33.2 Å². The fourth-order valence-corrected chi connectivity index (χ4v) is 3.94. The third-order valence-corrected chi connectivity index (χ3v) is 5.67. The Bertz CT molecular complexity index is 832. The molecule has 1 unspecified atom stereocenters. The molecule has 0 bridgehead atoms. The lowest BCUT2D eigenvalue weighted by molar-refractivity contribution is 0.921. The number of rotatable bonds is 7. The summed E-state index contributed by atoms with van der Waals surface area (Å²) in [6, 6.07) is 16.7. The molecule has 1 N–H and O–H groups in total. The van der Waals surface area contributed by atoms with Crippen LogP contribution in [0.2, 0.25) is 0 Å². The first-order valence-electron chi connectivity index (χ1n) is 9.93. The predicted molar refractivity (Wildman–Crippen MR) is 125 cm³/mol. The zero-order valence-electron chi connectivity index (χ0n) is 16.5. The number of benzene rings is 2. The number of hydrogen-bond donors (Lipinski definition) is 1. The van der Waals surface area contributed by atoms with Gasteiger partial charge in [-0.25, -0.2) is 0 Å². The molecule has 0 saturated carbocycles. The zero-order valence-corrected chi connectivity index (χ0v) is 18.1. The molecule has 1 aliphatic heterocycles. The van der Waals surface area contributed by atoms with E-state index in [0.29, 0.717) is 0 Å². The van der Waals surface area contributed by atoms with Gasteiger partial charge in [-0.15, -0.1) is 5.92 Å². The van der Waals surface area contributed by atoms with Gasteiger partial charge in [0.2, 0.25) is 0 Å². The minimum absolute atomic E-state index is 0.142. The highest BCUT2D eigenvalue weighted by Gasteiger charge is 2.22. The van der Waals surface area contributed by atoms with E-state index in [4.69, 9.17) is 0 Å². The summed E-state index contributed by atoms with van der Waals surface area (Å²) in [4.78, 5) is 2.48. The average Bonchev–Trinajstić information content (AvgIpc) is 3.27. The van der Waals surface area contributed by atoms with Gasteiger partial charge in [-0.1, -0.05) is 36.8 Å². The Kier molecular flexibility index (Phi) is 7.45. The summed E-state index contributed by atoms with van der Waals surface area (Å²) in [5, 5.41) is 3.41. The van der Waals surface area contributed by atoms with Gasteiger partial charge in [0, 0.05) is 55.1 Å². The molecule has 1 heterocycles. The quantitative estimate of drug-likeness (QED) is 0.318. The molecular formula is C24H28BrN3. The predicted octanol–water partition coefficient (Wildman–Crippen LogP) is 6.16. The molecule has 3 nitrogen and oxygen atoms in total. The van der Waals surface area contributed by atoms with Gasteiger partial charge >= 0.3 is 0 Å². The lowest BCUT2D eigenvalue weighted by Crippen LogP contribution is -2.21. The van der Waals surface area contributed by atoms with Crippen molar-refractivity contribution < 1.29 is 0 Å². The van der Waals surface area contributed by atoms with Crippen molar-refractivity contribution in [3.63, 3.8) is 0 Å². The third kappa shape index (κ3) is 5.11. The van der Waals surface area contributed by atoms with Crippen molar-refractivity contribution in [2.24, 2.45) is 0 Å². The van der Waals surface area contributed by atoms with Crippen LogP contribution in [0, 0.1) is 11.8 Å². The molecule has 28 heavy (non-hydrogen) atoms. The molecule has 4 heteroatoms. The molecule has 1 aliphatic rings. The Morgan fingerprint density at radius 3 is 2.64 bits per heavy atom. The highest BCUT2D eigenvalue weighted by molar-refractivity contribution is 9.10. The first-order valence-corrected chi connectivity index (χ1v) is 10.6. The van der Waals surface area contributed by atoms with E-state index in [1.807, 2.05) is 22.1 Å². The molecule has 0 aliphatic carbocycles. The Morgan fingerprint density at radius 1 is 1.18 bits per heavy atom. The van der Waals surface area contributed by atoms with E-state index in [1.165, 1.54) is 24.1 Å². The highest BCUT2D eigenvalue weighted by atomic mass is 79.9. The fraction of sp³-hybridized carbons (Fsp3) is 0.333. The molecule has 0 amide bonds. The van der Waals surface area contributed by atoms with E-state index in [0.717, 1.165) is 37.4 Å². The maximum Gasteiger partial charge on any atom is 0.0583 e. The lowest BCUT2D eigenvalue weighted by Gasteiger charge is -2.27. The van der Waals surface area contributed by atoms with E-state index in [-0.39, 0.29) is 5.92 Å². The number of nitrogens with zero attached hydrogens (tertiary/aromatic N) is 2. The van der Waals surface area contributed by atoms with E-state index in [2.05, 4.69) is 82.0 Å². The van der Waals surface area contributed by atoms with Gasteiger partial charge in [-0.05, 0) is 44.0 Å². The van der Waals surface area contributed by atoms with Crippen LogP contribution in [0.25, 0.3) is 0 Å². The second-order valence-corrected chi connectivity index (χ2v) is 7.75. The van der Waals surface area contributed by atoms with Crippen molar-refractivity contribution in [2.75, 3.05) is 33.8 Å². The smallest absolute Gasteiger partial charge is 0.0583 e. The molecule has 0 spiro atoms. The Labute approximate surface area is 177 Å². The topological polar surface area (TPSA) is 18.5 Å². The minimum Gasteiger partial charge on any atom is -0.384 e. The van der Waals surface area contributed by atoms with Crippen molar-refractivity contribution in [1.29, 1.82) is 0 Å². The van der Waals surface area contributed by atoms with Gasteiger partial charge in [0.05, 0.1) is 21.8 Å². The van der Waals surface area contributed by atoms with Crippen LogP contribution < -0.4 is 14.1 Å². The molecule has 1 atom stereocenters. The first-order chi connectivity index (χ1) is 13.7. The average molecular weight is 438 g/mol. The monoisotopic (exact) mass is 437 g/mol. The van der Waals surface area contributed by atoms with Crippen LogP contribution in [0.5, 0.6) is 0 Å². The number of para-hydroxylation sites is 1. The van der Waals surface area contributed by atoms with Gasteiger partial charge in [0.15, 0.2) is 0 Å². The molecule has 2 aromatic rings. The van der Waals surface area contributed by atoms with Crippen molar-refractivity contribution in [2.45, 2.75) is 32.1 Å². The maximum atomic E-state index is 3.90. The molecule has 3 rings (SSSR count). The SMILES string of the molecule is C=CN(Br)c1cccc(N2CCCC2)c1C(C)C#CCCNc1ccccc1. The maximum absolute atomic E-state index is 3.90. The van der Waals surface area contributed by atoms with Gasteiger partial charge in [-0.2, -0.15) is 0 Å². The second-order valence-electron chi connectivity index (χ2n) is 6.98. The van der Waals surface area contributed by atoms with E-state index >= 15 is 0 Å². The van der Waals surface area contributed by atoms with E-state index < -0.39 is 0 Å². The van der Waals surface area contributed by atoms with Crippen LogP contribution in [0.15, 0.2) is 61.3 Å². The van der Waals surface area contributed by atoms with Crippen LogP contribution in [0.1, 0.15) is 37.7 Å². The van der Waals surface area contributed by atoms with Crippen molar-refractivity contribution in [3.8, 4) is 11.8 Å². The van der Waals surface area contributed by atoms with E-state index in [9.17, 15) is 0 Å². The van der Waals surface area contributed by atoms with Crippen LogP contribution in [-0.4, -0.2) is 19.6 Å². The summed E-state index contributed by atoms with van der Waals surface area (Å²) in [6.07, 6.45) is 5.12. The number of nitrogens with one attached hydrogen (secondary N) is 1. The molecule has 1 saturated heterocycles. The highest BCUT2D eigenvalue weighted by Crippen LogP contribution is 2.38. The first kappa shape index (κ1) is 20.4. The van der Waals surface area contributed by atoms with Gasteiger partial charge in [0.25, 0.3) is 0 Å². The summed E-state index contributed by atoms with van der Waals surface area (Å²) in [7, 11) is 0. The standard InChI is InChI=1S/C24H28BrN3/c1-3-28(25)23-16-11-15-22(27-18-9-10-19-27)24(23)20(2)12-7-8-17-26-21-13-5-4-6-14-21/h3-6,11,13-16,20,26H,1,8-10,17-19H2,2H3. The van der Waals surface area contributed by atoms with Crippen molar-refractivity contribution in [3.05, 3.63) is 66.9 Å². The van der Waals surface area contributed by atoms with Crippen molar-refractivity contribution in [1.82, 2.24) is 0 Å². The minimum atomic E-state index is 0.142. The summed E-state index contributed by atoms with van der Waals surface area (Å²) in [5.41, 5.74) is 4.82. The molecule has 1 fully saturated rings. The second kappa shape index (κ2) is 10.2. The Morgan fingerprint density at radius 2 is 1.93 bits per heavy atom. The zero-order chi connectivity index (χ0) is 19.8. The van der Waals surface area contributed by atoms with Crippen LogP contribution in [-0.2, 0) is 0 Å². The van der Waals surface area contributed by atoms with Crippen LogP contribution in [0.4, 0.5) is 17.1 Å². The normalized spacial score (nSPS) is 14.1. The summed E-state index contributed by atoms with van der Waals surface area (Å²) >= 11 is 3.60. The van der Waals surface area contributed by atoms with Gasteiger partial charge in [0.1, 0.15) is 0 Å². The number of anilines is 3. The largest absolute Gasteiger partial charge is 0.384 e. The molecular weight excluding hydrogens is 410 g/mol. The van der Waals surface area contributed by atoms with Gasteiger partial charge in [-0.3, -0.25) is 3.93 Å². The summed E-state index contributed by atoms with van der Waals surface area (Å²) < 4.78 is 1.91.